The number of aliphatic hydroxyl groups is 1. The van der Waals surface area contributed by atoms with Gasteiger partial charge in [-0.25, -0.2) is 0 Å². The highest BCUT2D eigenvalue weighted by atomic mass is 16.2. The van der Waals surface area contributed by atoms with Gasteiger partial charge in [0.25, 0.3) is 0 Å². The maximum absolute atomic E-state index is 8.29. The minimum absolute atomic E-state index is 0. The van der Waals surface area contributed by atoms with Crippen LogP contribution in [0.1, 0.15) is 32.6 Å². The predicted octanol–water partition coefficient (Wildman–Crippen LogP) is 1.72. The van der Waals surface area contributed by atoms with Crippen LogP contribution in [0.15, 0.2) is 0 Å². The quantitative estimate of drug-likeness (QED) is 0.553. The molecule has 4 N–H and O–H groups in total. The van der Waals surface area contributed by atoms with Crippen molar-refractivity contribution in [3.05, 3.63) is 0 Å². The number of hydrogen-bond acceptors (Lipinski definition) is 2. The summed E-state index contributed by atoms with van der Waals surface area (Å²) < 4.78 is 0. The SMILES string of the molecule is CCCCCCO.N. The van der Waals surface area contributed by atoms with Crippen molar-refractivity contribution in [2.45, 2.75) is 32.6 Å². The summed E-state index contributed by atoms with van der Waals surface area (Å²) in [4.78, 5) is 0. The second kappa shape index (κ2) is 10.0. The normalized spacial score (nSPS) is 8.25. The summed E-state index contributed by atoms with van der Waals surface area (Å²) in [6, 6.07) is 0. The van der Waals surface area contributed by atoms with E-state index in [-0.39, 0.29) is 6.15 Å². The molecule has 0 rings (SSSR count). The molecule has 0 atom stereocenters. The van der Waals surface area contributed by atoms with E-state index in [9.17, 15) is 0 Å². The van der Waals surface area contributed by atoms with E-state index < -0.39 is 0 Å². The summed E-state index contributed by atoms with van der Waals surface area (Å²) in [5.74, 6) is 0. The molecule has 0 amide bonds. The Bertz CT molecular complexity index is 27.7. The fraction of sp³-hybridized carbons (Fsp3) is 1.00. The third kappa shape index (κ3) is 9.33. The summed E-state index contributed by atoms with van der Waals surface area (Å²) in [5, 5.41) is 8.29. The molecule has 0 bridgehead atoms. The zero-order valence-electron chi connectivity index (χ0n) is 5.69. The number of rotatable bonds is 4. The van der Waals surface area contributed by atoms with Gasteiger partial charge in [0.15, 0.2) is 0 Å². The zero-order valence-corrected chi connectivity index (χ0v) is 5.69. The first-order valence-corrected chi connectivity index (χ1v) is 3.02. The lowest BCUT2D eigenvalue weighted by Gasteiger charge is -1.90. The average molecular weight is 119 g/mol. The van der Waals surface area contributed by atoms with Crippen molar-refractivity contribution in [1.29, 1.82) is 0 Å². The molecule has 0 aliphatic heterocycles. The van der Waals surface area contributed by atoms with Gasteiger partial charge < -0.3 is 11.3 Å². The Morgan fingerprint density at radius 2 is 1.75 bits per heavy atom. The largest absolute Gasteiger partial charge is 0.396 e. The molecule has 2 heteroatoms. The van der Waals surface area contributed by atoms with Crippen molar-refractivity contribution in [3.63, 3.8) is 0 Å². The summed E-state index contributed by atoms with van der Waals surface area (Å²) in [6.45, 7) is 2.53. The van der Waals surface area contributed by atoms with Crippen molar-refractivity contribution in [3.8, 4) is 0 Å². The number of hydrogen-bond donors (Lipinski definition) is 2. The Balaban J connectivity index is 0. The fourth-order valence-corrected chi connectivity index (χ4v) is 0.539. The molecular formula is C6H17NO. The molecule has 0 fully saturated rings. The van der Waals surface area contributed by atoms with Crippen LogP contribution in [0.5, 0.6) is 0 Å². The van der Waals surface area contributed by atoms with Crippen LogP contribution >= 0.6 is 0 Å². The minimum atomic E-state index is 0. The Morgan fingerprint density at radius 3 is 2.12 bits per heavy atom. The molecule has 0 spiro atoms. The van der Waals surface area contributed by atoms with Crippen molar-refractivity contribution < 1.29 is 5.11 Å². The lowest BCUT2D eigenvalue weighted by Crippen LogP contribution is -1.80. The highest BCUT2D eigenvalue weighted by molar-refractivity contribution is 4.35. The van der Waals surface area contributed by atoms with E-state index >= 15 is 0 Å². The van der Waals surface area contributed by atoms with Crippen LogP contribution in [0, 0.1) is 0 Å². The van der Waals surface area contributed by atoms with Gasteiger partial charge in [0, 0.05) is 6.61 Å². The second-order valence-corrected chi connectivity index (χ2v) is 1.78. The number of unbranched alkanes of at least 4 members (excludes halogenated alkanes) is 3. The molecule has 0 aromatic carbocycles. The smallest absolute Gasteiger partial charge is 0.0431 e. The van der Waals surface area contributed by atoms with Gasteiger partial charge in [-0.2, -0.15) is 0 Å². The minimum Gasteiger partial charge on any atom is -0.396 e. The van der Waals surface area contributed by atoms with E-state index in [0.717, 1.165) is 6.42 Å². The van der Waals surface area contributed by atoms with Gasteiger partial charge >= 0.3 is 0 Å². The molecule has 52 valence electrons. The topological polar surface area (TPSA) is 55.2 Å². The molecule has 0 aromatic rings. The van der Waals surface area contributed by atoms with E-state index in [1.165, 1.54) is 19.3 Å². The van der Waals surface area contributed by atoms with Gasteiger partial charge in [0.1, 0.15) is 0 Å². The summed E-state index contributed by atoms with van der Waals surface area (Å²) in [5.41, 5.74) is 0. The van der Waals surface area contributed by atoms with E-state index in [2.05, 4.69) is 6.92 Å². The average Bonchev–Trinajstić information content (AvgIpc) is 1.69. The van der Waals surface area contributed by atoms with Gasteiger partial charge in [0.2, 0.25) is 0 Å². The lowest BCUT2D eigenvalue weighted by molar-refractivity contribution is 0.283. The van der Waals surface area contributed by atoms with Crippen molar-refractivity contribution in [2.75, 3.05) is 6.61 Å². The van der Waals surface area contributed by atoms with Crippen LogP contribution in [0.25, 0.3) is 0 Å². The summed E-state index contributed by atoms with van der Waals surface area (Å²) in [7, 11) is 0. The Labute approximate surface area is 51.5 Å². The second-order valence-electron chi connectivity index (χ2n) is 1.78. The Morgan fingerprint density at radius 1 is 1.12 bits per heavy atom. The summed E-state index contributed by atoms with van der Waals surface area (Å²) in [6.07, 6.45) is 4.68. The number of aliphatic hydroxyl groups excluding tert-OH is 1. The molecule has 0 aliphatic carbocycles. The van der Waals surface area contributed by atoms with Crippen LogP contribution in [0.3, 0.4) is 0 Å². The van der Waals surface area contributed by atoms with Crippen LogP contribution in [-0.4, -0.2) is 11.7 Å². The van der Waals surface area contributed by atoms with E-state index in [4.69, 9.17) is 5.11 Å². The van der Waals surface area contributed by atoms with Crippen LogP contribution in [0.2, 0.25) is 0 Å². The van der Waals surface area contributed by atoms with Gasteiger partial charge in [0.05, 0.1) is 0 Å². The first-order chi connectivity index (χ1) is 3.41. The highest BCUT2D eigenvalue weighted by Crippen LogP contribution is 1.95. The van der Waals surface area contributed by atoms with E-state index in [0.29, 0.717) is 6.61 Å². The van der Waals surface area contributed by atoms with Crippen LogP contribution < -0.4 is 6.15 Å². The van der Waals surface area contributed by atoms with Crippen molar-refractivity contribution in [1.82, 2.24) is 6.15 Å². The van der Waals surface area contributed by atoms with Gasteiger partial charge in [-0.15, -0.1) is 0 Å². The maximum Gasteiger partial charge on any atom is 0.0431 e. The molecule has 0 saturated heterocycles. The predicted molar refractivity (Wildman–Crippen MR) is 36.2 cm³/mol. The first kappa shape index (κ1) is 10.8. The third-order valence-corrected chi connectivity index (χ3v) is 1.01. The maximum atomic E-state index is 8.29. The molecule has 2 nitrogen and oxygen atoms in total. The van der Waals surface area contributed by atoms with Crippen molar-refractivity contribution >= 4 is 0 Å². The summed E-state index contributed by atoms with van der Waals surface area (Å²) >= 11 is 0. The zero-order chi connectivity index (χ0) is 5.54. The molecule has 0 aromatic heterocycles. The molecule has 0 unspecified atom stereocenters. The molecular weight excluding hydrogens is 102 g/mol. The molecule has 8 heavy (non-hydrogen) atoms. The van der Waals surface area contributed by atoms with Crippen LogP contribution in [-0.2, 0) is 0 Å². The third-order valence-electron chi connectivity index (χ3n) is 1.01. The Kier molecular flexibility index (Phi) is 13.6. The van der Waals surface area contributed by atoms with Crippen molar-refractivity contribution in [2.24, 2.45) is 0 Å². The lowest BCUT2D eigenvalue weighted by atomic mass is 10.2. The monoisotopic (exact) mass is 119 g/mol. The molecule has 0 heterocycles. The van der Waals surface area contributed by atoms with Gasteiger partial charge in [-0.3, -0.25) is 0 Å². The van der Waals surface area contributed by atoms with Gasteiger partial charge in [-0.1, -0.05) is 26.2 Å². The van der Waals surface area contributed by atoms with Gasteiger partial charge in [-0.05, 0) is 6.42 Å². The first-order valence-electron chi connectivity index (χ1n) is 3.02. The van der Waals surface area contributed by atoms with Crippen LogP contribution in [0.4, 0.5) is 0 Å². The van der Waals surface area contributed by atoms with E-state index in [1.54, 1.807) is 0 Å². The highest BCUT2D eigenvalue weighted by Gasteiger charge is 1.80. The van der Waals surface area contributed by atoms with E-state index in [1.807, 2.05) is 0 Å². The fourth-order valence-electron chi connectivity index (χ4n) is 0.539. The molecule has 0 aliphatic rings. The standard InChI is InChI=1S/C6H14O.H3N/c1-2-3-4-5-6-7;/h7H,2-6H2,1H3;1H3. The molecule has 0 radical (unpaired) electrons. The Hall–Kier alpha value is -0.0800. The molecule has 0 saturated carbocycles.